The van der Waals surface area contributed by atoms with Gasteiger partial charge in [-0.05, 0) is 29.8 Å². The van der Waals surface area contributed by atoms with E-state index in [0.717, 1.165) is 11.3 Å². The maximum absolute atomic E-state index is 5.06. The van der Waals surface area contributed by atoms with Crippen LogP contribution in [-0.2, 0) is 4.84 Å². The van der Waals surface area contributed by atoms with Crippen molar-refractivity contribution in [1.29, 1.82) is 0 Å². The first kappa shape index (κ1) is 11.1. The zero-order chi connectivity index (χ0) is 10.9. The lowest BCUT2D eigenvalue weighted by Crippen LogP contribution is -1.88. The molecule has 0 atom stereocenters. The van der Waals surface area contributed by atoms with E-state index in [-0.39, 0.29) is 0 Å². The van der Waals surface area contributed by atoms with Crippen molar-refractivity contribution in [2.75, 3.05) is 13.7 Å². The third kappa shape index (κ3) is 4.19. The van der Waals surface area contributed by atoms with Crippen LogP contribution in [0.1, 0.15) is 12.0 Å². The number of hydrogen-bond acceptors (Lipinski definition) is 3. The average molecular weight is 203 g/mol. The fourth-order valence-electron chi connectivity index (χ4n) is 0.945. The van der Waals surface area contributed by atoms with Crippen LogP contribution in [0.3, 0.4) is 0 Å². The molecule has 0 heterocycles. The van der Waals surface area contributed by atoms with Crippen LogP contribution in [0.4, 0.5) is 0 Å². The first-order valence-corrected chi connectivity index (χ1v) is 4.59. The van der Waals surface area contributed by atoms with Gasteiger partial charge in [0.25, 0.3) is 0 Å². The molecule has 3 nitrogen and oxygen atoms in total. The summed E-state index contributed by atoms with van der Waals surface area (Å²) in [4.78, 5) is 4.93. The van der Waals surface area contributed by atoms with Crippen molar-refractivity contribution in [3.63, 3.8) is 0 Å². The Bertz CT molecular complexity index is 349. The summed E-state index contributed by atoms with van der Waals surface area (Å²) < 4.78 is 5.03. The van der Waals surface area contributed by atoms with Crippen LogP contribution in [0, 0.1) is 12.3 Å². The molecule has 0 aliphatic heterocycles. The van der Waals surface area contributed by atoms with Crippen LogP contribution in [0.25, 0.3) is 0 Å². The van der Waals surface area contributed by atoms with Gasteiger partial charge in [0.2, 0.25) is 0 Å². The van der Waals surface area contributed by atoms with Crippen LogP contribution in [0.5, 0.6) is 5.75 Å². The van der Waals surface area contributed by atoms with Crippen LogP contribution < -0.4 is 4.74 Å². The van der Waals surface area contributed by atoms with Gasteiger partial charge in [-0.2, -0.15) is 0 Å². The number of oxime groups is 1. The third-order valence-electron chi connectivity index (χ3n) is 1.73. The Kier molecular flexibility index (Phi) is 4.82. The summed E-state index contributed by atoms with van der Waals surface area (Å²) in [5.41, 5.74) is 0.955. The number of methoxy groups -OCH3 is 1. The highest BCUT2D eigenvalue weighted by atomic mass is 16.6. The lowest BCUT2D eigenvalue weighted by molar-refractivity contribution is 0.152. The van der Waals surface area contributed by atoms with E-state index in [1.54, 1.807) is 13.3 Å². The molecule has 0 fully saturated rings. The molecule has 0 unspecified atom stereocenters. The van der Waals surface area contributed by atoms with E-state index in [1.165, 1.54) is 0 Å². The van der Waals surface area contributed by atoms with Gasteiger partial charge < -0.3 is 9.57 Å². The molecule has 15 heavy (non-hydrogen) atoms. The van der Waals surface area contributed by atoms with E-state index in [9.17, 15) is 0 Å². The molecule has 1 aromatic carbocycles. The average Bonchev–Trinajstić information content (AvgIpc) is 2.30. The summed E-state index contributed by atoms with van der Waals surface area (Å²) in [5, 5.41) is 3.77. The standard InChI is InChI=1S/C12H13NO2/c1-3-4-9-15-13-10-11-5-7-12(14-2)8-6-11/h1,5-8,10H,4,9H2,2H3. The molecule has 0 aromatic heterocycles. The molecule has 1 aromatic rings. The number of nitrogens with zero attached hydrogens (tertiary/aromatic N) is 1. The maximum Gasteiger partial charge on any atom is 0.128 e. The maximum atomic E-state index is 5.06. The van der Waals surface area contributed by atoms with Gasteiger partial charge >= 0.3 is 0 Å². The summed E-state index contributed by atoms with van der Waals surface area (Å²) in [6.07, 6.45) is 7.26. The van der Waals surface area contributed by atoms with Gasteiger partial charge in [-0.3, -0.25) is 0 Å². The van der Waals surface area contributed by atoms with E-state index in [0.29, 0.717) is 13.0 Å². The number of rotatable bonds is 5. The van der Waals surface area contributed by atoms with E-state index in [1.807, 2.05) is 24.3 Å². The van der Waals surface area contributed by atoms with Crippen molar-refractivity contribution in [3.05, 3.63) is 29.8 Å². The Morgan fingerprint density at radius 1 is 1.40 bits per heavy atom. The van der Waals surface area contributed by atoms with Gasteiger partial charge in [0.05, 0.1) is 13.3 Å². The predicted octanol–water partition coefficient (Wildman–Crippen LogP) is 2.07. The second-order valence-corrected chi connectivity index (χ2v) is 2.80. The molecule has 0 aliphatic rings. The normalized spacial score (nSPS) is 9.87. The lowest BCUT2D eigenvalue weighted by Gasteiger charge is -1.98. The second-order valence-electron chi connectivity index (χ2n) is 2.80. The minimum absolute atomic E-state index is 0.448. The minimum atomic E-state index is 0.448. The van der Waals surface area contributed by atoms with E-state index >= 15 is 0 Å². The van der Waals surface area contributed by atoms with Crippen molar-refractivity contribution in [1.82, 2.24) is 0 Å². The van der Waals surface area contributed by atoms with Crippen molar-refractivity contribution in [2.24, 2.45) is 5.16 Å². The molecule has 0 saturated heterocycles. The van der Waals surface area contributed by atoms with Crippen molar-refractivity contribution >= 4 is 6.21 Å². The molecule has 0 aliphatic carbocycles. The summed E-state index contributed by atoms with van der Waals surface area (Å²) >= 11 is 0. The van der Waals surface area contributed by atoms with E-state index < -0.39 is 0 Å². The number of ether oxygens (including phenoxy) is 1. The molecule has 0 amide bonds. The highest BCUT2D eigenvalue weighted by molar-refractivity contribution is 5.79. The number of benzene rings is 1. The van der Waals surface area contributed by atoms with E-state index in [2.05, 4.69) is 11.1 Å². The van der Waals surface area contributed by atoms with Gasteiger partial charge in [0, 0.05) is 6.42 Å². The zero-order valence-corrected chi connectivity index (χ0v) is 8.64. The van der Waals surface area contributed by atoms with Gasteiger partial charge in [-0.25, -0.2) is 0 Å². The summed E-state index contributed by atoms with van der Waals surface area (Å²) in [6.45, 7) is 0.448. The molecule has 0 radical (unpaired) electrons. The minimum Gasteiger partial charge on any atom is -0.497 e. The molecule has 0 N–H and O–H groups in total. The summed E-state index contributed by atoms with van der Waals surface area (Å²) in [6, 6.07) is 7.52. The summed E-state index contributed by atoms with van der Waals surface area (Å²) in [7, 11) is 1.63. The molecule has 0 spiro atoms. The molecular formula is C12H13NO2. The fraction of sp³-hybridized carbons (Fsp3) is 0.250. The third-order valence-corrected chi connectivity index (χ3v) is 1.73. The Morgan fingerprint density at radius 3 is 2.73 bits per heavy atom. The largest absolute Gasteiger partial charge is 0.497 e. The smallest absolute Gasteiger partial charge is 0.128 e. The highest BCUT2D eigenvalue weighted by Gasteiger charge is 1.90. The molecule has 3 heteroatoms. The predicted molar refractivity (Wildman–Crippen MR) is 60.0 cm³/mol. The Balaban J connectivity index is 2.40. The van der Waals surface area contributed by atoms with Crippen molar-refractivity contribution < 1.29 is 9.57 Å². The number of hydrogen-bond donors (Lipinski definition) is 0. The quantitative estimate of drug-likeness (QED) is 0.317. The highest BCUT2D eigenvalue weighted by Crippen LogP contribution is 2.09. The fourth-order valence-corrected chi connectivity index (χ4v) is 0.945. The van der Waals surface area contributed by atoms with E-state index in [4.69, 9.17) is 16.0 Å². The van der Waals surface area contributed by atoms with Gasteiger partial charge in [-0.1, -0.05) is 5.16 Å². The SMILES string of the molecule is C#CCCON=Cc1ccc(OC)cc1. The van der Waals surface area contributed by atoms with Crippen LogP contribution in [0.15, 0.2) is 29.4 Å². The Morgan fingerprint density at radius 2 is 2.13 bits per heavy atom. The summed E-state index contributed by atoms with van der Waals surface area (Å²) in [5.74, 6) is 3.29. The van der Waals surface area contributed by atoms with Crippen molar-refractivity contribution in [2.45, 2.75) is 6.42 Å². The lowest BCUT2D eigenvalue weighted by atomic mass is 10.2. The van der Waals surface area contributed by atoms with Crippen LogP contribution >= 0.6 is 0 Å². The Hall–Kier alpha value is -1.95. The molecule has 1 rings (SSSR count). The Labute approximate surface area is 89.7 Å². The van der Waals surface area contributed by atoms with Crippen LogP contribution in [0.2, 0.25) is 0 Å². The first-order chi connectivity index (χ1) is 7.36. The molecule has 0 saturated carbocycles. The van der Waals surface area contributed by atoms with Gasteiger partial charge in [-0.15, -0.1) is 12.3 Å². The first-order valence-electron chi connectivity index (χ1n) is 4.59. The number of terminal acetylenes is 1. The zero-order valence-electron chi connectivity index (χ0n) is 8.64. The molecular weight excluding hydrogens is 190 g/mol. The molecule has 78 valence electrons. The topological polar surface area (TPSA) is 30.8 Å². The second kappa shape index (κ2) is 6.50. The van der Waals surface area contributed by atoms with Crippen LogP contribution in [-0.4, -0.2) is 19.9 Å². The molecule has 0 bridgehead atoms. The van der Waals surface area contributed by atoms with Gasteiger partial charge in [0.1, 0.15) is 12.4 Å². The monoisotopic (exact) mass is 203 g/mol. The van der Waals surface area contributed by atoms with Crippen molar-refractivity contribution in [3.8, 4) is 18.1 Å². The van der Waals surface area contributed by atoms with Gasteiger partial charge in [0.15, 0.2) is 0 Å².